The van der Waals surface area contributed by atoms with Gasteiger partial charge in [-0.1, -0.05) is 18.2 Å². The Morgan fingerprint density at radius 1 is 1.32 bits per heavy atom. The van der Waals surface area contributed by atoms with Crippen molar-refractivity contribution in [3.05, 3.63) is 35.6 Å². The van der Waals surface area contributed by atoms with Crippen LogP contribution >= 0.6 is 0 Å². The lowest BCUT2D eigenvalue weighted by Crippen LogP contribution is -2.42. The molecule has 1 saturated heterocycles. The zero-order valence-corrected chi connectivity index (χ0v) is 11.1. The average molecular weight is 261 g/mol. The Bertz CT molecular complexity index is 459. The van der Waals surface area contributed by atoms with Crippen LogP contribution in [0.25, 0.3) is 0 Å². The van der Waals surface area contributed by atoms with E-state index >= 15 is 0 Å². The average Bonchev–Trinajstić information content (AvgIpc) is 2.46. The summed E-state index contributed by atoms with van der Waals surface area (Å²) >= 11 is 0. The number of nitrogens with two attached hydrogens (primary N) is 1. The number of piperidine rings is 1. The SMILES string of the molecule is N#CC1(c2ccccc2F)CCN(CCCN)CC1. The summed E-state index contributed by atoms with van der Waals surface area (Å²) in [6, 6.07) is 9.01. The Hall–Kier alpha value is -1.44. The lowest BCUT2D eigenvalue weighted by atomic mass is 9.74. The van der Waals surface area contributed by atoms with Gasteiger partial charge in [0.1, 0.15) is 5.82 Å². The number of halogens is 1. The summed E-state index contributed by atoms with van der Waals surface area (Å²) in [5, 5.41) is 9.53. The number of nitrogens with zero attached hydrogens (tertiary/aromatic N) is 2. The first-order valence-electron chi connectivity index (χ1n) is 6.80. The summed E-state index contributed by atoms with van der Waals surface area (Å²) in [5.74, 6) is -0.264. The lowest BCUT2D eigenvalue weighted by Gasteiger charge is -2.37. The second kappa shape index (κ2) is 6.14. The van der Waals surface area contributed by atoms with E-state index in [0.29, 0.717) is 24.9 Å². The predicted octanol–water partition coefficient (Wildman–Crippen LogP) is 2.03. The first kappa shape index (κ1) is 14.0. The summed E-state index contributed by atoms with van der Waals surface area (Å²) in [5.41, 5.74) is 5.40. The summed E-state index contributed by atoms with van der Waals surface area (Å²) in [6.07, 6.45) is 2.35. The molecule has 1 heterocycles. The van der Waals surface area contributed by atoms with Crippen molar-refractivity contribution >= 4 is 0 Å². The number of hydrogen-bond donors (Lipinski definition) is 1. The van der Waals surface area contributed by atoms with E-state index in [-0.39, 0.29) is 5.82 Å². The Kier molecular flexibility index (Phi) is 4.52. The van der Waals surface area contributed by atoms with Crippen molar-refractivity contribution in [3.8, 4) is 6.07 Å². The second-order valence-electron chi connectivity index (χ2n) is 5.16. The lowest BCUT2D eigenvalue weighted by molar-refractivity contribution is 0.183. The monoisotopic (exact) mass is 261 g/mol. The van der Waals surface area contributed by atoms with Crippen LogP contribution < -0.4 is 5.73 Å². The third-order valence-corrected chi connectivity index (χ3v) is 3.99. The fourth-order valence-corrected chi connectivity index (χ4v) is 2.76. The van der Waals surface area contributed by atoms with E-state index in [2.05, 4.69) is 11.0 Å². The molecule has 0 aromatic heterocycles. The molecule has 4 heteroatoms. The summed E-state index contributed by atoms with van der Waals surface area (Å²) < 4.78 is 13.9. The van der Waals surface area contributed by atoms with Crippen molar-refractivity contribution in [3.63, 3.8) is 0 Å². The fourth-order valence-electron chi connectivity index (χ4n) is 2.76. The highest BCUT2D eigenvalue weighted by atomic mass is 19.1. The van der Waals surface area contributed by atoms with Crippen molar-refractivity contribution in [2.45, 2.75) is 24.7 Å². The highest BCUT2D eigenvalue weighted by Gasteiger charge is 2.38. The molecule has 0 saturated carbocycles. The van der Waals surface area contributed by atoms with Crippen LogP contribution in [0.5, 0.6) is 0 Å². The molecule has 1 aliphatic heterocycles. The summed E-state index contributed by atoms with van der Waals surface area (Å²) in [4.78, 5) is 2.31. The standard InChI is InChI=1S/C15H20FN3/c16-14-5-2-1-4-13(14)15(12-18)6-10-19(11-7-15)9-3-8-17/h1-2,4-5H,3,6-11,17H2. The van der Waals surface area contributed by atoms with Gasteiger partial charge in [-0.2, -0.15) is 5.26 Å². The summed E-state index contributed by atoms with van der Waals surface area (Å²) in [6.45, 7) is 3.33. The minimum absolute atomic E-state index is 0.264. The minimum Gasteiger partial charge on any atom is -0.330 e. The van der Waals surface area contributed by atoms with Gasteiger partial charge in [0.25, 0.3) is 0 Å². The molecule has 0 atom stereocenters. The zero-order valence-electron chi connectivity index (χ0n) is 11.1. The Labute approximate surface area is 113 Å². The Balaban J connectivity index is 2.11. The molecule has 2 rings (SSSR count). The van der Waals surface area contributed by atoms with Gasteiger partial charge in [-0.25, -0.2) is 4.39 Å². The first-order valence-corrected chi connectivity index (χ1v) is 6.80. The molecule has 2 N–H and O–H groups in total. The number of nitriles is 1. The normalized spacial score (nSPS) is 19.0. The molecule has 0 unspecified atom stereocenters. The van der Waals surface area contributed by atoms with Crippen molar-refractivity contribution in [1.29, 1.82) is 5.26 Å². The number of likely N-dealkylation sites (tertiary alicyclic amines) is 1. The van der Waals surface area contributed by atoms with E-state index in [1.54, 1.807) is 18.2 Å². The molecule has 0 bridgehead atoms. The molecule has 3 nitrogen and oxygen atoms in total. The van der Waals surface area contributed by atoms with Gasteiger partial charge in [0.05, 0.1) is 11.5 Å². The van der Waals surface area contributed by atoms with Gasteiger partial charge in [-0.15, -0.1) is 0 Å². The first-order chi connectivity index (χ1) is 9.22. The van der Waals surface area contributed by atoms with E-state index in [4.69, 9.17) is 5.73 Å². The van der Waals surface area contributed by atoms with Crippen LogP contribution in [0.2, 0.25) is 0 Å². The molecule has 1 aromatic carbocycles. The molecule has 102 valence electrons. The largest absolute Gasteiger partial charge is 0.330 e. The van der Waals surface area contributed by atoms with Gasteiger partial charge in [0.2, 0.25) is 0 Å². The molecule has 0 aliphatic carbocycles. The Morgan fingerprint density at radius 2 is 2.00 bits per heavy atom. The molecule has 1 fully saturated rings. The third kappa shape index (κ3) is 2.94. The van der Waals surface area contributed by atoms with E-state index in [0.717, 1.165) is 26.1 Å². The molecular weight excluding hydrogens is 241 g/mol. The fraction of sp³-hybridized carbons (Fsp3) is 0.533. The van der Waals surface area contributed by atoms with Crippen LogP contribution in [0.4, 0.5) is 4.39 Å². The smallest absolute Gasteiger partial charge is 0.128 e. The van der Waals surface area contributed by atoms with E-state index in [9.17, 15) is 9.65 Å². The van der Waals surface area contributed by atoms with Gasteiger partial charge >= 0.3 is 0 Å². The number of hydrogen-bond acceptors (Lipinski definition) is 3. The van der Waals surface area contributed by atoms with Gasteiger partial charge in [-0.05, 0) is 51.5 Å². The van der Waals surface area contributed by atoms with E-state index < -0.39 is 5.41 Å². The van der Waals surface area contributed by atoms with Crippen LogP contribution in [0.15, 0.2) is 24.3 Å². The number of rotatable bonds is 4. The Morgan fingerprint density at radius 3 is 2.58 bits per heavy atom. The molecule has 0 radical (unpaired) electrons. The molecule has 0 spiro atoms. The molecule has 1 aromatic rings. The number of benzene rings is 1. The van der Waals surface area contributed by atoms with Crippen LogP contribution in [-0.4, -0.2) is 31.1 Å². The highest BCUT2D eigenvalue weighted by Crippen LogP contribution is 2.36. The van der Waals surface area contributed by atoms with Crippen LogP contribution in [0.3, 0.4) is 0 Å². The van der Waals surface area contributed by atoms with Crippen LogP contribution in [-0.2, 0) is 5.41 Å². The van der Waals surface area contributed by atoms with Crippen molar-refractivity contribution in [2.75, 3.05) is 26.2 Å². The van der Waals surface area contributed by atoms with Crippen molar-refractivity contribution < 1.29 is 4.39 Å². The van der Waals surface area contributed by atoms with Gasteiger partial charge < -0.3 is 10.6 Å². The topological polar surface area (TPSA) is 53.0 Å². The predicted molar refractivity (Wildman–Crippen MR) is 73.0 cm³/mol. The summed E-state index contributed by atoms with van der Waals surface area (Å²) in [7, 11) is 0. The highest BCUT2D eigenvalue weighted by molar-refractivity contribution is 5.34. The maximum atomic E-state index is 13.9. The maximum absolute atomic E-state index is 13.9. The molecule has 19 heavy (non-hydrogen) atoms. The van der Waals surface area contributed by atoms with Crippen molar-refractivity contribution in [1.82, 2.24) is 4.90 Å². The second-order valence-corrected chi connectivity index (χ2v) is 5.16. The van der Waals surface area contributed by atoms with E-state index in [1.807, 2.05) is 0 Å². The van der Waals surface area contributed by atoms with Gasteiger partial charge in [0.15, 0.2) is 0 Å². The van der Waals surface area contributed by atoms with Crippen LogP contribution in [0, 0.1) is 17.1 Å². The van der Waals surface area contributed by atoms with Crippen LogP contribution in [0.1, 0.15) is 24.8 Å². The van der Waals surface area contributed by atoms with Crippen molar-refractivity contribution in [2.24, 2.45) is 5.73 Å². The molecular formula is C15H20FN3. The molecule has 0 amide bonds. The van der Waals surface area contributed by atoms with Gasteiger partial charge in [-0.3, -0.25) is 0 Å². The van der Waals surface area contributed by atoms with Gasteiger partial charge in [0, 0.05) is 5.56 Å². The van der Waals surface area contributed by atoms with E-state index in [1.165, 1.54) is 6.07 Å². The minimum atomic E-state index is -0.662. The third-order valence-electron chi connectivity index (χ3n) is 3.99. The molecule has 1 aliphatic rings. The zero-order chi connectivity index (χ0) is 13.7. The maximum Gasteiger partial charge on any atom is 0.128 e. The quantitative estimate of drug-likeness (QED) is 0.902.